The van der Waals surface area contributed by atoms with Crippen LogP contribution in [0.25, 0.3) is 0 Å². The van der Waals surface area contributed by atoms with Gasteiger partial charge in [0.1, 0.15) is 0 Å². The molecule has 0 N–H and O–H groups in total. The zero-order valence-corrected chi connectivity index (χ0v) is 28.1. The number of unbranched alkanes of at least 4 members (excludes halogenated alkanes) is 2. The van der Waals surface area contributed by atoms with E-state index in [0.717, 1.165) is 42.0 Å². The molecule has 45 heavy (non-hydrogen) atoms. The zero-order chi connectivity index (χ0) is 31.3. The fraction of sp³-hybridized carbons (Fsp3) is 0.314. The van der Waals surface area contributed by atoms with Gasteiger partial charge in [-0.1, -0.05) is 79.2 Å². The van der Waals surface area contributed by atoms with Gasteiger partial charge < -0.3 is 0 Å². The van der Waals surface area contributed by atoms with Crippen LogP contribution in [0.2, 0.25) is 0 Å². The van der Waals surface area contributed by atoms with Crippen molar-refractivity contribution in [2.75, 3.05) is 72.0 Å². The first-order valence-electron chi connectivity index (χ1n) is 15.9. The highest BCUT2D eigenvalue weighted by atomic mass is 31.2. The van der Waals surface area contributed by atoms with E-state index in [-0.39, 0.29) is 0 Å². The quantitative estimate of drug-likeness (QED) is 0.113. The molecule has 0 spiro atoms. The highest BCUT2D eigenvalue weighted by Gasteiger charge is 2.48. The molecule has 0 saturated carbocycles. The number of rotatable bonds is 12. The summed E-state index contributed by atoms with van der Waals surface area (Å²) in [6.07, 6.45) is 2.74. The van der Waals surface area contributed by atoms with Crippen LogP contribution >= 0.6 is 15.2 Å². The predicted molar refractivity (Wildman–Crippen MR) is 189 cm³/mol. The lowest BCUT2D eigenvalue weighted by atomic mass is 10.2. The first-order chi connectivity index (χ1) is 21.9. The second-order valence-corrected chi connectivity index (χ2v) is 17.0. The van der Waals surface area contributed by atoms with Gasteiger partial charge in [0.2, 0.25) is 0 Å². The van der Waals surface area contributed by atoms with Crippen LogP contribution in [-0.4, -0.2) is 62.7 Å². The summed E-state index contributed by atoms with van der Waals surface area (Å²) in [7, 11) is -2.15. The van der Waals surface area contributed by atoms with Crippen molar-refractivity contribution in [1.82, 2.24) is 9.34 Å². The molecule has 6 rings (SSSR count). The van der Waals surface area contributed by atoms with Crippen LogP contribution in [0.4, 0.5) is 22.7 Å². The highest BCUT2D eigenvalue weighted by molar-refractivity contribution is 7.65. The Labute approximate surface area is 268 Å². The van der Waals surface area contributed by atoms with E-state index >= 15 is 9.13 Å². The summed E-state index contributed by atoms with van der Waals surface area (Å²) in [6.45, 7) is 4.23. The summed E-state index contributed by atoms with van der Waals surface area (Å²) < 4.78 is 42.6. The molecule has 2 saturated heterocycles. The van der Waals surface area contributed by atoms with Gasteiger partial charge in [-0.25, -0.2) is 9.34 Å². The highest BCUT2D eigenvalue weighted by Crippen LogP contribution is 2.63. The van der Waals surface area contributed by atoms with Gasteiger partial charge in [-0.05, 0) is 75.5 Å². The van der Waals surface area contributed by atoms with E-state index in [9.17, 15) is 0 Å². The molecule has 0 unspecified atom stereocenters. The van der Waals surface area contributed by atoms with Crippen LogP contribution in [0, 0.1) is 0 Å². The van der Waals surface area contributed by atoms with Gasteiger partial charge in [-0.2, -0.15) is 0 Å². The first-order valence-corrected chi connectivity index (χ1v) is 19.0. The van der Waals surface area contributed by atoms with Crippen LogP contribution < -0.4 is 18.7 Å². The molecule has 10 heteroatoms. The van der Waals surface area contributed by atoms with Crippen molar-refractivity contribution in [3.63, 3.8) is 0 Å². The van der Waals surface area contributed by atoms with Crippen molar-refractivity contribution in [2.24, 2.45) is 0 Å². The second kappa shape index (κ2) is 13.8. The average molecular weight is 643 g/mol. The largest absolute Gasteiger partial charge is 0.335 e. The van der Waals surface area contributed by atoms with Crippen LogP contribution in [0.5, 0.6) is 0 Å². The molecule has 0 amide bonds. The summed E-state index contributed by atoms with van der Waals surface area (Å²) in [5.74, 6) is 0. The van der Waals surface area contributed by atoms with Crippen LogP contribution in [0.15, 0.2) is 121 Å². The average Bonchev–Trinajstić information content (AvgIpc) is 3.64. The monoisotopic (exact) mass is 642 g/mol. The lowest BCUT2D eigenvalue weighted by Crippen LogP contribution is -2.32. The molecule has 2 fully saturated rings. The first kappa shape index (κ1) is 31.4. The van der Waals surface area contributed by atoms with E-state index in [4.69, 9.17) is 0 Å². The predicted octanol–water partition coefficient (Wildman–Crippen LogP) is 8.29. The number of anilines is 4. The van der Waals surface area contributed by atoms with E-state index in [2.05, 4.69) is 28.0 Å². The maximum Gasteiger partial charge on any atom is 0.335 e. The molecule has 236 valence electrons. The van der Waals surface area contributed by atoms with E-state index in [0.29, 0.717) is 39.3 Å². The smallest absolute Gasteiger partial charge is 0.293 e. The number of benzene rings is 4. The van der Waals surface area contributed by atoms with Gasteiger partial charge in [-0.15, -0.1) is 0 Å². The second-order valence-electron chi connectivity index (χ2n) is 11.7. The van der Waals surface area contributed by atoms with Crippen molar-refractivity contribution in [1.29, 1.82) is 0 Å². The lowest BCUT2D eigenvalue weighted by Gasteiger charge is -2.38. The Morgan fingerprint density at radius 2 is 0.689 bits per heavy atom. The third-order valence-corrected chi connectivity index (χ3v) is 15.3. The van der Waals surface area contributed by atoms with Crippen molar-refractivity contribution in [3.8, 4) is 0 Å². The van der Waals surface area contributed by atoms with Gasteiger partial charge in [0.15, 0.2) is 0 Å². The standard InChI is InChI=1S/C35H44N6O2P2/c1-36(44(42)38(32-18-8-3-9-19-32)28-29-39(44)33-20-10-4-11-21-33)26-16-7-17-27-37(2)45(43)40(34-22-12-5-13-23-34)30-31-41(45)35-24-14-6-15-25-35/h3-6,8-15,18-25H,7,16-17,26-31H2,1-2H3. The van der Waals surface area contributed by atoms with Crippen molar-refractivity contribution < 1.29 is 9.13 Å². The third-order valence-electron chi connectivity index (χ3n) is 8.88. The summed E-state index contributed by atoms with van der Waals surface area (Å²) >= 11 is 0. The Bertz CT molecular complexity index is 1390. The van der Waals surface area contributed by atoms with E-state index in [1.54, 1.807) is 0 Å². The molecule has 0 bridgehead atoms. The zero-order valence-electron chi connectivity index (χ0n) is 26.3. The van der Waals surface area contributed by atoms with Crippen molar-refractivity contribution in [3.05, 3.63) is 121 Å². The summed E-state index contributed by atoms with van der Waals surface area (Å²) in [5, 5.41) is 0. The Balaban J connectivity index is 1.12. The molecule has 0 atom stereocenters. The molecule has 2 heterocycles. The number of hydrogen-bond acceptors (Lipinski definition) is 2. The Kier molecular flexibility index (Phi) is 9.67. The van der Waals surface area contributed by atoms with Gasteiger partial charge >= 0.3 is 15.2 Å². The normalized spacial score (nSPS) is 17.5. The maximum absolute atomic E-state index is 15.0. The van der Waals surface area contributed by atoms with Gasteiger partial charge in [0.25, 0.3) is 0 Å². The molecule has 4 aromatic rings. The van der Waals surface area contributed by atoms with Crippen LogP contribution in [0.1, 0.15) is 19.3 Å². The topological polar surface area (TPSA) is 53.6 Å². The van der Waals surface area contributed by atoms with Gasteiger partial charge in [-0.3, -0.25) is 27.8 Å². The Morgan fingerprint density at radius 1 is 0.444 bits per heavy atom. The van der Waals surface area contributed by atoms with Crippen molar-refractivity contribution in [2.45, 2.75) is 19.3 Å². The van der Waals surface area contributed by atoms with Crippen LogP contribution in [0.3, 0.4) is 0 Å². The van der Waals surface area contributed by atoms with Gasteiger partial charge in [0, 0.05) is 62.0 Å². The molecule has 4 aromatic carbocycles. The fourth-order valence-corrected chi connectivity index (χ4v) is 12.5. The number of hydrogen-bond donors (Lipinski definition) is 0. The molecule has 0 aromatic heterocycles. The Morgan fingerprint density at radius 3 is 0.933 bits per heavy atom. The minimum absolute atomic E-state index is 0.705. The maximum atomic E-state index is 15.0. The summed E-state index contributed by atoms with van der Waals surface area (Å²) in [4.78, 5) is 0. The summed E-state index contributed by atoms with van der Waals surface area (Å²) in [6, 6.07) is 40.5. The third kappa shape index (κ3) is 6.17. The number of para-hydroxylation sites is 4. The summed E-state index contributed by atoms with van der Waals surface area (Å²) in [5.41, 5.74) is 3.94. The van der Waals surface area contributed by atoms with E-state index < -0.39 is 15.2 Å². The minimum Gasteiger partial charge on any atom is -0.293 e. The molecular weight excluding hydrogens is 598 g/mol. The Hall–Kier alpha value is -3.54. The molecule has 0 radical (unpaired) electrons. The number of nitrogens with zero attached hydrogens (tertiary/aromatic N) is 6. The lowest BCUT2D eigenvalue weighted by molar-refractivity contribution is 0.425. The minimum atomic E-state index is -3.07. The van der Waals surface area contributed by atoms with Gasteiger partial charge in [0.05, 0.1) is 0 Å². The molecule has 0 aliphatic carbocycles. The molecule has 2 aliphatic rings. The SMILES string of the molecule is CN(CCCCCN(C)P1(=O)N(c2ccccc2)CCN1c1ccccc1)P1(=O)N(c2ccccc2)CCN1c1ccccc1. The fourth-order valence-electron chi connectivity index (χ4n) is 6.53. The molecule has 2 aliphatic heterocycles. The molecular formula is C35H44N6O2P2. The van der Waals surface area contributed by atoms with E-state index in [1.807, 2.05) is 135 Å². The van der Waals surface area contributed by atoms with E-state index in [1.165, 1.54) is 0 Å². The van der Waals surface area contributed by atoms with Crippen molar-refractivity contribution >= 4 is 37.9 Å². The molecule has 8 nitrogen and oxygen atoms in total. The van der Waals surface area contributed by atoms with Crippen LogP contribution in [-0.2, 0) is 9.13 Å².